The third-order valence-electron chi connectivity index (χ3n) is 14.9. The lowest BCUT2D eigenvalue weighted by atomic mass is 9.97. The van der Waals surface area contributed by atoms with E-state index in [9.17, 15) is 0 Å². The van der Waals surface area contributed by atoms with Crippen LogP contribution in [0.2, 0.25) is 0 Å². The van der Waals surface area contributed by atoms with Gasteiger partial charge in [0.2, 0.25) is 0 Å². The molecule has 0 fully saturated rings. The molecule has 0 aliphatic carbocycles. The second kappa shape index (κ2) is 18.0. The third kappa shape index (κ3) is 7.96. The van der Waals surface area contributed by atoms with Crippen LogP contribution in [0, 0.1) is 0 Å². The molecule has 0 saturated carbocycles. The van der Waals surface area contributed by atoms with Gasteiger partial charge in [0.15, 0.2) is 0 Å². The average Bonchev–Trinajstić information content (AvgIpc) is 3.93. The molecule has 12 rings (SSSR count). The summed E-state index contributed by atoms with van der Waals surface area (Å²) >= 11 is 0. The Morgan fingerprint density at radius 2 is 0.625 bits per heavy atom. The van der Waals surface area contributed by atoms with E-state index in [0.717, 1.165) is 111 Å². The maximum atomic E-state index is 7.06. The molecule has 2 heterocycles. The van der Waals surface area contributed by atoms with Gasteiger partial charge in [-0.05, 0) is 176 Å². The van der Waals surface area contributed by atoms with Crippen LogP contribution in [-0.2, 0) is 0 Å². The van der Waals surface area contributed by atoms with Crippen molar-refractivity contribution in [2.24, 2.45) is 0 Å². The minimum Gasteiger partial charge on any atom is -0.455 e. The minimum absolute atomic E-state index is 0.457. The standard InChI is InChI=1S/C68H60N2O2/c1-41(2)45-14-24-54(25-15-45)69(55-26-16-46(17-27-55)42(3)4)58-32-22-50-36-60-62-40-63-61-37-51-23-33-59(70(56-28-18-47(19-29-56)43(5)6)57-30-20-48(21-31-57)44(7)8)35-53(51)39-65(61)72-68(63)66(49-12-10-9-11-13-49)67(62)71-64(60)38-52(50)34-58/h9-44H,1-8H3. The maximum absolute atomic E-state index is 7.06. The van der Waals surface area contributed by atoms with E-state index in [1.54, 1.807) is 0 Å². The first-order chi connectivity index (χ1) is 34.9. The lowest BCUT2D eigenvalue weighted by Crippen LogP contribution is -2.10. The van der Waals surface area contributed by atoms with Gasteiger partial charge in [0, 0.05) is 55.7 Å². The highest BCUT2D eigenvalue weighted by Gasteiger charge is 2.23. The molecule has 72 heavy (non-hydrogen) atoms. The Bertz CT molecular complexity index is 3610. The monoisotopic (exact) mass is 936 g/mol. The van der Waals surface area contributed by atoms with Crippen molar-refractivity contribution in [1.29, 1.82) is 0 Å². The first kappa shape index (κ1) is 45.1. The molecule has 12 aromatic rings. The van der Waals surface area contributed by atoms with Gasteiger partial charge in [0.05, 0.1) is 5.56 Å². The molecule has 0 amide bonds. The molecule has 0 bridgehead atoms. The molecule has 4 nitrogen and oxygen atoms in total. The first-order valence-electron chi connectivity index (χ1n) is 25.7. The fraction of sp³-hybridized carbons (Fsp3) is 0.176. The van der Waals surface area contributed by atoms with Crippen LogP contribution in [0.5, 0.6) is 0 Å². The summed E-state index contributed by atoms with van der Waals surface area (Å²) in [5.41, 5.74) is 17.3. The van der Waals surface area contributed by atoms with Crippen molar-refractivity contribution < 1.29 is 8.83 Å². The smallest absolute Gasteiger partial charge is 0.147 e. The number of rotatable bonds is 11. The Labute approximate surface area is 422 Å². The summed E-state index contributed by atoms with van der Waals surface area (Å²) in [6, 6.07) is 71.6. The van der Waals surface area contributed by atoms with Gasteiger partial charge < -0.3 is 18.6 Å². The van der Waals surface area contributed by atoms with E-state index >= 15 is 0 Å². The number of nitrogens with zero attached hydrogens (tertiary/aromatic N) is 2. The molecule has 0 aliphatic heterocycles. The number of fused-ring (bicyclic) bond motifs is 8. The molecule has 0 radical (unpaired) electrons. The first-order valence-corrected chi connectivity index (χ1v) is 25.7. The van der Waals surface area contributed by atoms with Gasteiger partial charge in [-0.3, -0.25) is 0 Å². The normalized spacial score (nSPS) is 12.1. The number of hydrogen-bond donors (Lipinski definition) is 0. The van der Waals surface area contributed by atoms with Crippen molar-refractivity contribution in [1.82, 2.24) is 0 Å². The van der Waals surface area contributed by atoms with Crippen LogP contribution >= 0.6 is 0 Å². The van der Waals surface area contributed by atoms with E-state index < -0.39 is 0 Å². The topological polar surface area (TPSA) is 32.8 Å². The summed E-state index contributed by atoms with van der Waals surface area (Å²) in [5.74, 6) is 1.83. The zero-order valence-corrected chi connectivity index (χ0v) is 42.5. The van der Waals surface area contributed by atoms with Crippen LogP contribution in [0.3, 0.4) is 0 Å². The minimum atomic E-state index is 0.457. The quantitative estimate of drug-likeness (QED) is 0.129. The molecule has 2 aromatic heterocycles. The van der Waals surface area contributed by atoms with Crippen molar-refractivity contribution >= 4 is 99.5 Å². The number of benzene rings is 10. The van der Waals surface area contributed by atoms with Crippen LogP contribution in [0.4, 0.5) is 34.1 Å². The second-order valence-corrected chi connectivity index (χ2v) is 21.0. The van der Waals surface area contributed by atoms with Gasteiger partial charge in [-0.15, -0.1) is 0 Å². The molecule has 0 N–H and O–H groups in total. The van der Waals surface area contributed by atoms with Crippen molar-refractivity contribution in [3.05, 3.63) is 216 Å². The summed E-state index contributed by atoms with van der Waals surface area (Å²) in [6.45, 7) is 18.0. The van der Waals surface area contributed by atoms with Crippen LogP contribution < -0.4 is 9.80 Å². The van der Waals surface area contributed by atoms with Crippen molar-refractivity contribution in [3.63, 3.8) is 0 Å². The lowest BCUT2D eigenvalue weighted by Gasteiger charge is -2.26. The van der Waals surface area contributed by atoms with Crippen LogP contribution in [0.15, 0.2) is 203 Å². The van der Waals surface area contributed by atoms with E-state index in [1.165, 1.54) is 22.3 Å². The molecular weight excluding hydrogens is 877 g/mol. The van der Waals surface area contributed by atoms with Crippen molar-refractivity contribution in [3.8, 4) is 11.1 Å². The van der Waals surface area contributed by atoms with Crippen molar-refractivity contribution in [2.45, 2.75) is 79.1 Å². The number of hydrogen-bond acceptors (Lipinski definition) is 4. The summed E-state index contributed by atoms with van der Waals surface area (Å²) in [5, 5.41) is 8.83. The summed E-state index contributed by atoms with van der Waals surface area (Å²) in [6.07, 6.45) is 0. The Balaban J connectivity index is 0.995. The molecule has 0 spiro atoms. The Kier molecular flexibility index (Phi) is 11.2. The van der Waals surface area contributed by atoms with Crippen LogP contribution in [0.25, 0.3) is 76.5 Å². The highest BCUT2D eigenvalue weighted by molar-refractivity contribution is 6.24. The third-order valence-corrected chi connectivity index (χ3v) is 14.9. The average molecular weight is 937 g/mol. The van der Waals surface area contributed by atoms with Gasteiger partial charge >= 0.3 is 0 Å². The predicted octanol–water partition coefficient (Wildman–Crippen LogP) is 20.9. The zero-order valence-electron chi connectivity index (χ0n) is 42.5. The SMILES string of the molecule is CC(C)c1ccc(N(c2ccc(C(C)C)cc2)c2ccc3cc4c(cc3c2)oc2c(-c3ccccc3)c3oc5cc6cc(N(c7ccc(C(C)C)cc7)c7ccc(C(C)C)cc7)ccc6cc5c3cc24)cc1. The number of furan rings is 2. The maximum Gasteiger partial charge on any atom is 0.147 e. The van der Waals surface area contributed by atoms with E-state index in [0.29, 0.717) is 23.7 Å². The molecule has 0 aliphatic rings. The van der Waals surface area contributed by atoms with Crippen LogP contribution in [0.1, 0.15) is 101 Å². The Hall–Kier alpha value is -8.08. The summed E-state index contributed by atoms with van der Waals surface area (Å²) in [7, 11) is 0. The van der Waals surface area contributed by atoms with Gasteiger partial charge in [0.25, 0.3) is 0 Å². The highest BCUT2D eigenvalue weighted by atomic mass is 16.3. The van der Waals surface area contributed by atoms with Gasteiger partial charge in [-0.2, -0.15) is 0 Å². The second-order valence-electron chi connectivity index (χ2n) is 21.0. The number of anilines is 6. The van der Waals surface area contributed by atoms with Gasteiger partial charge in [-0.25, -0.2) is 0 Å². The molecule has 10 aromatic carbocycles. The predicted molar refractivity (Wildman–Crippen MR) is 307 cm³/mol. The fourth-order valence-corrected chi connectivity index (χ4v) is 10.7. The summed E-state index contributed by atoms with van der Waals surface area (Å²) < 4.78 is 14.1. The summed E-state index contributed by atoms with van der Waals surface area (Å²) in [4.78, 5) is 4.72. The van der Waals surface area contributed by atoms with E-state index in [1.807, 2.05) is 0 Å². The van der Waals surface area contributed by atoms with E-state index in [2.05, 4.69) is 259 Å². The van der Waals surface area contributed by atoms with E-state index in [-0.39, 0.29) is 0 Å². The zero-order chi connectivity index (χ0) is 49.4. The molecule has 354 valence electrons. The van der Waals surface area contributed by atoms with Gasteiger partial charge in [0.1, 0.15) is 22.3 Å². The Morgan fingerprint density at radius 3 is 0.958 bits per heavy atom. The Morgan fingerprint density at radius 1 is 0.292 bits per heavy atom. The molecule has 0 saturated heterocycles. The molecule has 0 atom stereocenters. The van der Waals surface area contributed by atoms with Crippen molar-refractivity contribution in [2.75, 3.05) is 9.80 Å². The largest absolute Gasteiger partial charge is 0.455 e. The van der Waals surface area contributed by atoms with E-state index in [4.69, 9.17) is 8.83 Å². The van der Waals surface area contributed by atoms with Crippen LogP contribution in [-0.4, -0.2) is 0 Å². The lowest BCUT2D eigenvalue weighted by molar-refractivity contribution is 0.658. The molecule has 4 heteroatoms. The van der Waals surface area contributed by atoms with Gasteiger partial charge in [-0.1, -0.05) is 146 Å². The molecular formula is C68H60N2O2. The highest BCUT2D eigenvalue weighted by Crippen LogP contribution is 2.47. The fourth-order valence-electron chi connectivity index (χ4n) is 10.7. The molecule has 0 unspecified atom stereocenters.